The van der Waals surface area contributed by atoms with Gasteiger partial charge in [-0.3, -0.25) is 4.68 Å². The van der Waals surface area contributed by atoms with Gasteiger partial charge in [0.05, 0.1) is 12.7 Å². The highest BCUT2D eigenvalue weighted by Gasteiger charge is 2.03. The molecule has 2 aromatic heterocycles. The molecule has 2 heterocycles. The number of hydrogen-bond donors (Lipinski definition) is 1. The highest BCUT2D eigenvalue weighted by atomic mass is 32.1. The summed E-state index contributed by atoms with van der Waals surface area (Å²) in [5.41, 5.74) is 1.21. The van der Waals surface area contributed by atoms with Crippen molar-refractivity contribution in [1.82, 2.24) is 15.1 Å². The largest absolute Gasteiger partial charge is 0.308 e. The standard InChI is InChI=1S/C12H17N3S/c1-10-6-14-15(8-10)9-11(2)13-7-12-4-3-5-16-12/h3-6,8,11,13H,7,9H2,1-2H3/t11-/m0/s1. The predicted molar refractivity (Wildman–Crippen MR) is 67.6 cm³/mol. The Morgan fingerprint density at radius 2 is 2.44 bits per heavy atom. The van der Waals surface area contributed by atoms with Crippen LogP contribution in [-0.4, -0.2) is 15.8 Å². The van der Waals surface area contributed by atoms with Gasteiger partial charge in [-0.2, -0.15) is 5.10 Å². The molecule has 1 N–H and O–H groups in total. The Morgan fingerprint density at radius 3 is 3.06 bits per heavy atom. The Balaban J connectivity index is 1.78. The van der Waals surface area contributed by atoms with Crippen LogP contribution in [0, 0.1) is 6.92 Å². The van der Waals surface area contributed by atoms with Gasteiger partial charge in [0.2, 0.25) is 0 Å². The van der Waals surface area contributed by atoms with Gasteiger partial charge < -0.3 is 5.32 Å². The molecule has 0 saturated carbocycles. The van der Waals surface area contributed by atoms with Crippen LogP contribution in [0.2, 0.25) is 0 Å². The van der Waals surface area contributed by atoms with E-state index >= 15 is 0 Å². The van der Waals surface area contributed by atoms with Crippen molar-refractivity contribution in [1.29, 1.82) is 0 Å². The second-order valence-corrected chi connectivity index (χ2v) is 5.13. The number of aryl methyl sites for hydroxylation is 1. The van der Waals surface area contributed by atoms with E-state index in [1.807, 2.05) is 10.9 Å². The molecule has 0 unspecified atom stereocenters. The minimum atomic E-state index is 0.432. The molecule has 2 aromatic rings. The summed E-state index contributed by atoms with van der Waals surface area (Å²) in [4.78, 5) is 1.38. The van der Waals surface area contributed by atoms with Gasteiger partial charge in [-0.05, 0) is 30.9 Å². The van der Waals surface area contributed by atoms with Gasteiger partial charge in [-0.15, -0.1) is 11.3 Å². The Hall–Kier alpha value is -1.13. The monoisotopic (exact) mass is 235 g/mol. The molecule has 0 aliphatic heterocycles. The molecule has 1 atom stereocenters. The van der Waals surface area contributed by atoms with E-state index in [0.717, 1.165) is 13.1 Å². The molecule has 0 radical (unpaired) electrons. The smallest absolute Gasteiger partial charge is 0.0560 e. The first kappa shape index (κ1) is 11.4. The lowest BCUT2D eigenvalue weighted by Crippen LogP contribution is -2.29. The van der Waals surface area contributed by atoms with Crippen LogP contribution in [0.25, 0.3) is 0 Å². The van der Waals surface area contributed by atoms with Crippen molar-refractivity contribution in [3.63, 3.8) is 0 Å². The zero-order valence-corrected chi connectivity index (χ0v) is 10.5. The van der Waals surface area contributed by atoms with Crippen molar-refractivity contribution in [2.45, 2.75) is 33.0 Å². The van der Waals surface area contributed by atoms with Crippen LogP contribution in [0.4, 0.5) is 0 Å². The topological polar surface area (TPSA) is 29.9 Å². The molecule has 3 nitrogen and oxygen atoms in total. The van der Waals surface area contributed by atoms with Crippen molar-refractivity contribution in [2.75, 3.05) is 0 Å². The van der Waals surface area contributed by atoms with Crippen LogP contribution in [-0.2, 0) is 13.1 Å². The highest BCUT2D eigenvalue weighted by molar-refractivity contribution is 7.09. The Kier molecular flexibility index (Phi) is 3.74. The molecule has 86 valence electrons. The summed E-state index contributed by atoms with van der Waals surface area (Å²) in [6.07, 6.45) is 3.97. The molecular weight excluding hydrogens is 218 g/mol. The third-order valence-electron chi connectivity index (χ3n) is 2.43. The van der Waals surface area contributed by atoms with Gasteiger partial charge in [-0.1, -0.05) is 6.07 Å². The molecule has 4 heteroatoms. The van der Waals surface area contributed by atoms with Crippen molar-refractivity contribution in [3.05, 3.63) is 40.3 Å². The normalized spacial score (nSPS) is 12.9. The Bertz CT molecular complexity index is 419. The summed E-state index contributed by atoms with van der Waals surface area (Å²) < 4.78 is 1.99. The molecule has 16 heavy (non-hydrogen) atoms. The summed E-state index contributed by atoms with van der Waals surface area (Å²) in [6.45, 7) is 6.11. The number of nitrogens with one attached hydrogen (secondary N) is 1. The van der Waals surface area contributed by atoms with Gasteiger partial charge in [0.1, 0.15) is 0 Å². The fourth-order valence-corrected chi connectivity index (χ4v) is 2.26. The third kappa shape index (κ3) is 3.18. The zero-order chi connectivity index (χ0) is 11.4. The number of aromatic nitrogens is 2. The van der Waals surface area contributed by atoms with Crippen LogP contribution in [0.5, 0.6) is 0 Å². The van der Waals surface area contributed by atoms with Crippen LogP contribution < -0.4 is 5.32 Å². The minimum absolute atomic E-state index is 0.432. The van der Waals surface area contributed by atoms with Gasteiger partial charge in [-0.25, -0.2) is 0 Å². The summed E-state index contributed by atoms with van der Waals surface area (Å²) >= 11 is 1.79. The fraction of sp³-hybridized carbons (Fsp3) is 0.417. The second kappa shape index (κ2) is 5.27. The van der Waals surface area contributed by atoms with E-state index in [1.54, 1.807) is 11.3 Å². The SMILES string of the molecule is Cc1cnn(C[C@H](C)NCc2cccs2)c1. The van der Waals surface area contributed by atoms with E-state index in [-0.39, 0.29) is 0 Å². The van der Waals surface area contributed by atoms with E-state index in [0.29, 0.717) is 6.04 Å². The lowest BCUT2D eigenvalue weighted by molar-refractivity contribution is 0.452. The van der Waals surface area contributed by atoms with Crippen LogP contribution in [0.15, 0.2) is 29.9 Å². The summed E-state index contributed by atoms with van der Waals surface area (Å²) in [5.74, 6) is 0. The first-order chi connectivity index (χ1) is 7.74. The third-order valence-corrected chi connectivity index (χ3v) is 3.30. The van der Waals surface area contributed by atoms with E-state index in [9.17, 15) is 0 Å². The molecule has 2 rings (SSSR count). The molecule has 0 bridgehead atoms. The van der Waals surface area contributed by atoms with Crippen molar-refractivity contribution in [3.8, 4) is 0 Å². The van der Waals surface area contributed by atoms with Crippen molar-refractivity contribution >= 4 is 11.3 Å². The second-order valence-electron chi connectivity index (χ2n) is 4.10. The highest BCUT2D eigenvalue weighted by Crippen LogP contribution is 2.08. The molecule has 0 aliphatic carbocycles. The van der Waals surface area contributed by atoms with Crippen LogP contribution in [0.1, 0.15) is 17.4 Å². The maximum absolute atomic E-state index is 4.28. The first-order valence-electron chi connectivity index (χ1n) is 5.49. The van der Waals surface area contributed by atoms with E-state index < -0.39 is 0 Å². The van der Waals surface area contributed by atoms with Crippen molar-refractivity contribution < 1.29 is 0 Å². The molecule has 0 fully saturated rings. The van der Waals surface area contributed by atoms with E-state index in [1.165, 1.54) is 10.4 Å². The molecule has 0 aliphatic rings. The molecule has 0 aromatic carbocycles. The lowest BCUT2D eigenvalue weighted by Gasteiger charge is -2.12. The molecule has 0 amide bonds. The van der Waals surface area contributed by atoms with E-state index in [4.69, 9.17) is 0 Å². The predicted octanol–water partition coefficient (Wildman–Crippen LogP) is 2.43. The number of hydrogen-bond acceptors (Lipinski definition) is 3. The maximum atomic E-state index is 4.28. The molecule has 0 spiro atoms. The van der Waals surface area contributed by atoms with Crippen LogP contribution >= 0.6 is 11.3 Å². The summed E-state index contributed by atoms with van der Waals surface area (Å²) in [6, 6.07) is 4.67. The fourth-order valence-electron chi connectivity index (χ4n) is 1.60. The average Bonchev–Trinajstić information content (AvgIpc) is 2.87. The van der Waals surface area contributed by atoms with Gasteiger partial charge >= 0.3 is 0 Å². The Morgan fingerprint density at radius 1 is 1.56 bits per heavy atom. The number of nitrogens with zero attached hydrogens (tertiary/aromatic N) is 2. The maximum Gasteiger partial charge on any atom is 0.0560 e. The number of rotatable bonds is 5. The van der Waals surface area contributed by atoms with E-state index in [2.05, 4.69) is 48.0 Å². The summed E-state index contributed by atoms with van der Waals surface area (Å²) in [7, 11) is 0. The Labute approximate surface area is 100 Å². The number of thiophene rings is 1. The minimum Gasteiger partial charge on any atom is -0.308 e. The quantitative estimate of drug-likeness (QED) is 0.862. The zero-order valence-electron chi connectivity index (χ0n) is 9.68. The summed E-state index contributed by atoms with van der Waals surface area (Å²) in [5, 5.41) is 9.88. The van der Waals surface area contributed by atoms with Gasteiger partial charge in [0.15, 0.2) is 0 Å². The van der Waals surface area contributed by atoms with Gasteiger partial charge in [0.25, 0.3) is 0 Å². The van der Waals surface area contributed by atoms with Gasteiger partial charge in [0, 0.05) is 23.7 Å². The first-order valence-corrected chi connectivity index (χ1v) is 6.37. The lowest BCUT2D eigenvalue weighted by atomic mass is 10.3. The molecule has 0 saturated heterocycles. The average molecular weight is 235 g/mol. The van der Waals surface area contributed by atoms with Crippen LogP contribution in [0.3, 0.4) is 0 Å². The molecular formula is C12H17N3S. The van der Waals surface area contributed by atoms with Crippen molar-refractivity contribution in [2.24, 2.45) is 0 Å².